The van der Waals surface area contributed by atoms with E-state index in [1.807, 2.05) is 18.2 Å². The Morgan fingerprint density at radius 3 is 2.74 bits per heavy atom. The van der Waals surface area contributed by atoms with Crippen LogP contribution in [0.4, 0.5) is 4.79 Å². The van der Waals surface area contributed by atoms with Gasteiger partial charge >= 0.3 is 6.09 Å². The van der Waals surface area contributed by atoms with Gasteiger partial charge in [-0.3, -0.25) is 4.90 Å². The molecule has 19 heavy (non-hydrogen) atoms. The van der Waals surface area contributed by atoms with Crippen molar-refractivity contribution in [3.63, 3.8) is 0 Å². The molecular weight excluding hydrogens is 240 g/mol. The number of carbonyl (C=O) groups is 1. The number of benzene rings is 1. The molecule has 1 N–H and O–H groups in total. The molecule has 1 aliphatic heterocycles. The molecule has 104 valence electrons. The van der Waals surface area contributed by atoms with E-state index in [0.29, 0.717) is 5.92 Å². The van der Waals surface area contributed by atoms with Gasteiger partial charge in [0.1, 0.15) is 0 Å². The fourth-order valence-electron chi connectivity index (χ4n) is 2.75. The van der Waals surface area contributed by atoms with E-state index in [1.54, 1.807) is 7.05 Å². The van der Waals surface area contributed by atoms with E-state index in [-0.39, 0.29) is 6.04 Å². The molecule has 0 aliphatic carbocycles. The van der Waals surface area contributed by atoms with E-state index in [4.69, 9.17) is 5.11 Å². The van der Waals surface area contributed by atoms with E-state index >= 15 is 0 Å². The van der Waals surface area contributed by atoms with Gasteiger partial charge < -0.3 is 10.0 Å². The molecule has 1 fully saturated rings. The lowest BCUT2D eigenvalue weighted by atomic mass is 9.92. The fourth-order valence-corrected chi connectivity index (χ4v) is 2.75. The van der Waals surface area contributed by atoms with E-state index in [0.717, 1.165) is 26.1 Å². The molecule has 0 radical (unpaired) electrons. The number of likely N-dealkylation sites (N-methyl/N-ethyl adjacent to an activating group) is 1. The van der Waals surface area contributed by atoms with E-state index in [1.165, 1.54) is 10.5 Å². The van der Waals surface area contributed by atoms with Crippen molar-refractivity contribution in [2.45, 2.75) is 25.9 Å². The van der Waals surface area contributed by atoms with Gasteiger partial charge in [0.25, 0.3) is 0 Å². The number of nitrogens with zero attached hydrogens (tertiary/aromatic N) is 2. The Morgan fingerprint density at radius 2 is 2.11 bits per heavy atom. The topological polar surface area (TPSA) is 43.8 Å². The Kier molecular flexibility index (Phi) is 4.43. The molecule has 1 aliphatic rings. The maximum Gasteiger partial charge on any atom is 0.407 e. The first-order chi connectivity index (χ1) is 9.08. The van der Waals surface area contributed by atoms with Crippen molar-refractivity contribution in [1.29, 1.82) is 0 Å². The highest BCUT2D eigenvalue weighted by atomic mass is 16.4. The summed E-state index contributed by atoms with van der Waals surface area (Å²) in [6.07, 6.45) is 0.216. The maximum atomic E-state index is 11.1. The van der Waals surface area contributed by atoms with Gasteiger partial charge in [-0.15, -0.1) is 0 Å². The second kappa shape index (κ2) is 6.06. The van der Waals surface area contributed by atoms with Crippen LogP contribution < -0.4 is 0 Å². The summed E-state index contributed by atoms with van der Waals surface area (Å²) in [4.78, 5) is 14.9. The number of carboxylic acid groups (broad SMARTS) is 1. The Bertz CT molecular complexity index is 421. The van der Waals surface area contributed by atoms with Crippen LogP contribution in [-0.4, -0.2) is 47.2 Å². The quantitative estimate of drug-likeness (QED) is 0.910. The van der Waals surface area contributed by atoms with E-state index < -0.39 is 6.09 Å². The SMILES string of the molecule is C[C@@H]1CCN(Cc2ccccc2)C[C@@H]1N(C)C(=O)O. The molecule has 1 heterocycles. The van der Waals surface area contributed by atoms with Gasteiger partial charge in [0, 0.05) is 20.1 Å². The molecule has 1 aromatic rings. The smallest absolute Gasteiger partial charge is 0.407 e. The van der Waals surface area contributed by atoms with Crippen LogP contribution in [0.25, 0.3) is 0 Å². The third kappa shape index (κ3) is 3.47. The molecule has 0 saturated carbocycles. The van der Waals surface area contributed by atoms with E-state index in [9.17, 15) is 4.79 Å². The lowest BCUT2D eigenvalue weighted by molar-refractivity contribution is 0.0666. The number of rotatable bonds is 3. The minimum Gasteiger partial charge on any atom is -0.465 e. The summed E-state index contributed by atoms with van der Waals surface area (Å²) in [6.45, 7) is 4.90. The molecule has 1 aromatic carbocycles. The summed E-state index contributed by atoms with van der Waals surface area (Å²) in [5.41, 5.74) is 1.29. The van der Waals surface area contributed by atoms with Gasteiger partial charge in [-0.05, 0) is 24.4 Å². The second-order valence-electron chi connectivity index (χ2n) is 5.45. The monoisotopic (exact) mass is 262 g/mol. The van der Waals surface area contributed by atoms with Gasteiger partial charge in [0.15, 0.2) is 0 Å². The van der Waals surface area contributed by atoms with Crippen LogP contribution in [0.15, 0.2) is 30.3 Å². The zero-order valence-corrected chi connectivity index (χ0v) is 11.6. The second-order valence-corrected chi connectivity index (χ2v) is 5.45. The minimum absolute atomic E-state index is 0.0926. The van der Waals surface area contributed by atoms with Crippen LogP contribution >= 0.6 is 0 Å². The van der Waals surface area contributed by atoms with Crippen LogP contribution in [-0.2, 0) is 6.54 Å². The number of hydrogen-bond donors (Lipinski definition) is 1. The molecule has 0 unspecified atom stereocenters. The van der Waals surface area contributed by atoms with Crippen molar-refractivity contribution in [2.75, 3.05) is 20.1 Å². The number of amides is 1. The molecule has 1 amide bonds. The van der Waals surface area contributed by atoms with Crippen molar-refractivity contribution in [1.82, 2.24) is 9.80 Å². The van der Waals surface area contributed by atoms with Gasteiger partial charge in [0.05, 0.1) is 6.04 Å². The average molecular weight is 262 g/mol. The van der Waals surface area contributed by atoms with E-state index in [2.05, 4.69) is 24.0 Å². The Hall–Kier alpha value is -1.55. The van der Waals surface area contributed by atoms with Crippen LogP contribution in [0.3, 0.4) is 0 Å². The first-order valence-corrected chi connectivity index (χ1v) is 6.80. The zero-order chi connectivity index (χ0) is 13.8. The van der Waals surface area contributed by atoms with Gasteiger partial charge in [-0.1, -0.05) is 37.3 Å². The molecule has 4 heteroatoms. The predicted octanol–water partition coefficient (Wildman–Crippen LogP) is 2.51. The van der Waals surface area contributed by atoms with Crippen molar-refractivity contribution >= 4 is 6.09 Å². The normalized spacial score (nSPS) is 24.1. The molecule has 4 nitrogen and oxygen atoms in total. The summed E-state index contributed by atoms with van der Waals surface area (Å²) in [6, 6.07) is 10.4. The lowest BCUT2D eigenvalue weighted by Gasteiger charge is -2.40. The number of piperidine rings is 1. The highest BCUT2D eigenvalue weighted by Gasteiger charge is 2.31. The Morgan fingerprint density at radius 1 is 1.42 bits per heavy atom. The molecule has 0 spiro atoms. The molecule has 2 atom stereocenters. The van der Waals surface area contributed by atoms with Crippen LogP contribution in [0.1, 0.15) is 18.9 Å². The molecule has 0 bridgehead atoms. The zero-order valence-electron chi connectivity index (χ0n) is 11.6. The molecular formula is C15H22N2O2. The molecule has 1 saturated heterocycles. The summed E-state index contributed by atoms with van der Waals surface area (Å²) >= 11 is 0. The molecule has 2 rings (SSSR count). The highest BCUT2D eigenvalue weighted by molar-refractivity contribution is 5.65. The average Bonchev–Trinajstić information content (AvgIpc) is 2.41. The first kappa shape index (κ1) is 13.9. The lowest BCUT2D eigenvalue weighted by Crippen LogP contribution is -2.51. The fraction of sp³-hybridized carbons (Fsp3) is 0.533. The third-order valence-corrected chi connectivity index (χ3v) is 4.05. The summed E-state index contributed by atoms with van der Waals surface area (Å²) in [7, 11) is 1.68. The summed E-state index contributed by atoms with van der Waals surface area (Å²) < 4.78 is 0. The highest BCUT2D eigenvalue weighted by Crippen LogP contribution is 2.22. The standard InChI is InChI=1S/C15H22N2O2/c1-12-8-9-17(10-13-6-4-3-5-7-13)11-14(12)16(2)15(18)19/h3-7,12,14H,8-11H2,1-2H3,(H,18,19)/t12-,14+/m1/s1. The number of likely N-dealkylation sites (tertiary alicyclic amines) is 1. The largest absolute Gasteiger partial charge is 0.465 e. The summed E-state index contributed by atoms with van der Waals surface area (Å²) in [5.74, 6) is 0.424. The third-order valence-electron chi connectivity index (χ3n) is 4.05. The predicted molar refractivity (Wildman–Crippen MR) is 75.1 cm³/mol. The Balaban J connectivity index is 1.99. The minimum atomic E-state index is -0.835. The van der Waals surface area contributed by atoms with Crippen molar-refractivity contribution in [2.24, 2.45) is 5.92 Å². The van der Waals surface area contributed by atoms with Gasteiger partial charge in [-0.2, -0.15) is 0 Å². The van der Waals surface area contributed by atoms with Crippen molar-refractivity contribution in [3.8, 4) is 0 Å². The van der Waals surface area contributed by atoms with Gasteiger partial charge in [-0.25, -0.2) is 4.79 Å². The maximum absolute atomic E-state index is 11.1. The summed E-state index contributed by atoms with van der Waals surface area (Å²) in [5, 5.41) is 9.14. The number of hydrogen-bond acceptors (Lipinski definition) is 2. The van der Waals surface area contributed by atoms with Crippen LogP contribution in [0.5, 0.6) is 0 Å². The Labute approximate surface area is 114 Å². The first-order valence-electron chi connectivity index (χ1n) is 6.80. The van der Waals surface area contributed by atoms with Crippen LogP contribution in [0, 0.1) is 5.92 Å². The van der Waals surface area contributed by atoms with Crippen molar-refractivity contribution < 1.29 is 9.90 Å². The molecule has 0 aromatic heterocycles. The van der Waals surface area contributed by atoms with Gasteiger partial charge in [0.2, 0.25) is 0 Å². The van der Waals surface area contributed by atoms with Crippen LogP contribution in [0.2, 0.25) is 0 Å². The van der Waals surface area contributed by atoms with Crippen molar-refractivity contribution in [3.05, 3.63) is 35.9 Å².